The van der Waals surface area contributed by atoms with E-state index < -0.39 is 22.0 Å². The van der Waals surface area contributed by atoms with Crippen molar-refractivity contribution >= 4 is 39.1 Å². The first kappa shape index (κ1) is 32.3. The molecule has 0 saturated heterocycles. The second-order valence-corrected chi connectivity index (χ2v) is 12.6. The van der Waals surface area contributed by atoms with Crippen LogP contribution in [0.25, 0.3) is 11.1 Å². The standard InChI is InChI=1S/C31H38ClN3O5S/c1-19-16-29(20(2)15-26(19)32)41(38,39)34-25-10-8-9-23(17-25)24-13-21(3)30(22(4)14-24)28(36)18-33-27(31(37)40-7)11-12-35(5)6/h8-10,13-17,27,33-34H,11-12,18H2,1-7H3/t27-/m0/s1. The summed E-state index contributed by atoms with van der Waals surface area (Å²) in [5.74, 6) is -0.527. The van der Waals surface area contributed by atoms with E-state index in [0.29, 0.717) is 40.4 Å². The second-order valence-electron chi connectivity index (χ2n) is 10.5. The summed E-state index contributed by atoms with van der Waals surface area (Å²) in [6.07, 6.45) is 0.515. The van der Waals surface area contributed by atoms with E-state index in [0.717, 1.165) is 22.3 Å². The average Bonchev–Trinajstić information content (AvgIpc) is 2.89. The molecule has 0 aliphatic heterocycles. The van der Waals surface area contributed by atoms with Crippen LogP contribution in [0.1, 0.15) is 39.0 Å². The van der Waals surface area contributed by atoms with Crippen molar-refractivity contribution < 1.29 is 22.7 Å². The molecule has 0 amide bonds. The molecule has 0 fully saturated rings. The molecule has 220 valence electrons. The van der Waals surface area contributed by atoms with Gasteiger partial charge in [0.2, 0.25) is 0 Å². The molecule has 1 atom stereocenters. The van der Waals surface area contributed by atoms with Gasteiger partial charge in [-0.2, -0.15) is 0 Å². The zero-order chi connectivity index (χ0) is 30.5. The Morgan fingerprint density at radius 3 is 2.20 bits per heavy atom. The summed E-state index contributed by atoms with van der Waals surface area (Å²) < 4.78 is 33.9. The molecule has 3 rings (SSSR count). The quantitative estimate of drug-likeness (QED) is 0.215. The maximum absolute atomic E-state index is 13.2. The molecule has 3 aromatic carbocycles. The number of sulfonamides is 1. The number of rotatable bonds is 12. The molecule has 10 heteroatoms. The van der Waals surface area contributed by atoms with Crippen molar-refractivity contribution in [2.24, 2.45) is 0 Å². The highest BCUT2D eigenvalue weighted by molar-refractivity contribution is 7.92. The van der Waals surface area contributed by atoms with Gasteiger partial charge in [-0.15, -0.1) is 0 Å². The van der Waals surface area contributed by atoms with Gasteiger partial charge in [-0.1, -0.05) is 35.9 Å². The summed E-state index contributed by atoms with van der Waals surface area (Å²) in [5, 5.41) is 3.57. The molecule has 0 aliphatic rings. The van der Waals surface area contributed by atoms with Crippen LogP contribution in [-0.4, -0.2) is 65.4 Å². The van der Waals surface area contributed by atoms with Crippen molar-refractivity contribution in [2.45, 2.75) is 45.1 Å². The molecule has 0 heterocycles. The number of Topliss-reactive ketones (excluding diaryl/α,β-unsaturated/α-hetero) is 1. The normalized spacial score (nSPS) is 12.3. The topological polar surface area (TPSA) is 105 Å². The number of benzene rings is 3. The fourth-order valence-electron chi connectivity index (χ4n) is 4.72. The molecular formula is C31H38ClN3O5S. The number of ether oxygens (including phenoxy) is 1. The van der Waals surface area contributed by atoms with Gasteiger partial charge in [-0.3, -0.25) is 19.6 Å². The molecule has 0 aliphatic carbocycles. The molecule has 2 N–H and O–H groups in total. The highest BCUT2D eigenvalue weighted by Crippen LogP contribution is 2.30. The van der Waals surface area contributed by atoms with E-state index in [1.54, 1.807) is 44.2 Å². The Hall–Kier alpha value is -3.24. The SMILES string of the molecule is COC(=O)[C@H](CCN(C)C)NCC(=O)c1c(C)cc(-c2cccc(NS(=O)(=O)c3cc(C)c(Cl)cc3C)c2)cc1C. The number of nitrogens with one attached hydrogen (secondary N) is 2. The monoisotopic (exact) mass is 599 g/mol. The van der Waals surface area contributed by atoms with Crippen molar-refractivity contribution in [1.82, 2.24) is 10.2 Å². The minimum absolute atomic E-state index is 0.00489. The van der Waals surface area contributed by atoms with Crippen LogP contribution in [0.2, 0.25) is 5.02 Å². The third-order valence-electron chi connectivity index (χ3n) is 6.87. The van der Waals surface area contributed by atoms with Crippen LogP contribution >= 0.6 is 11.6 Å². The number of methoxy groups -OCH3 is 1. The number of hydrogen-bond acceptors (Lipinski definition) is 7. The number of carbonyl (C=O) groups excluding carboxylic acids is 2. The molecule has 0 aromatic heterocycles. The number of anilines is 1. The molecule has 0 bridgehead atoms. The molecule has 8 nitrogen and oxygen atoms in total. The van der Waals surface area contributed by atoms with Crippen molar-refractivity contribution in [2.75, 3.05) is 39.0 Å². The van der Waals surface area contributed by atoms with E-state index in [9.17, 15) is 18.0 Å². The van der Waals surface area contributed by atoms with Gasteiger partial charge in [-0.05, 0) is 112 Å². The van der Waals surface area contributed by atoms with Crippen LogP contribution in [0.15, 0.2) is 53.4 Å². The highest BCUT2D eigenvalue weighted by atomic mass is 35.5. The predicted molar refractivity (Wildman–Crippen MR) is 164 cm³/mol. The number of nitrogens with zero attached hydrogens (tertiary/aromatic N) is 1. The number of hydrogen-bond donors (Lipinski definition) is 2. The molecule has 0 saturated carbocycles. The molecule has 3 aromatic rings. The smallest absolute Gasteiger partial charge is 0.322 e. The predicted octanol–water partition coefficient (Wildman–Crippen LogP) is 5.31. The van der Waals surface area contributed by atoms with Crippen LogP contribution in [0.4, 0.5) is 5.69 Å². The van der Waals surface area contributed by atoms with Crippen LogP contribution in [0, 0.1) is 27.7 Å². The van der Waals surface area contributed by atoms with Crippen LogP contribution < -0.4 is 10.0 Å². The summed E-state index contributed by atoms with van der Waals surface area (Å²) in [6.45, 7) is 7.87. The van der Waals surface area contributed by atoms with Crippen LogP contribution in [0.3, 0.4) is 0 Å². The van der Waals surface area contributed by atoms with Gasteiger partial charge in [0.05, 0.1) is 18.6 Å². The first-order chi connectivity index (χ1) is 19.2. The molecular weight excluding hydrogens is 562 g/mol. The number of aryl methyl sites for hydroxylation is 4. The molecule has 0 unspecified atom stereocenters. The van der Waals surface area contributed by atoms with Gasteiger partial charge >= 0.3 is 5.97 Å². The van der Waals surface area contributed by atoms with Crippen molar-refractivity contribution in [1.29, 1.82) is 0 Å². The van der Waals surface area contributed by atoms with Gasteiger partial charge in [0.25, 0.3) is 10.0 Å². The third-order valence-corrected chi connectivity index (χ3v) is 8.80. The van der Waals surface area contributed by atoms with E-state index in [-0.39, 0.29) is 17.2 Å². The largest absolute Gasteiger partial charge is 0.468 e. The zero-order valence-corrected chi connectivity index (χ0v) is 26.2. The van der Waals surface area contributed by atoms with E-state index >= 15 is 0 Å². The van der Waals surface area contributed by atoms with E-state index in [2.05, 4.69) is 10.0 Å². The summed E-state index contributed by atoms with van der Waals surface area (Å²) in [4.78, 5) is 27.5. The second kappa shape index (κ2) is 13.6. The fraction of sp³-hybridized carbons (Fsp3) is 0.355. The van der Waals surface area contributed by atoms with Gasteiger partial charge in [-0.25, -0.2) is 8.42 Å². The third kappa shape index (κ3) is 8.16. The lowest BCUT2D eigenvalue weighted by Crippen LogP contribution is -2.42. The number of carbonyl (C=O) groups is 2. The summed E-state index contributed by atoms with van der Waals surface area (Å²) in [6, 6.07) is 13.6. The van der Waals surface area contributed by atoms with Crippen molar-refractivity contribution in [3.8, 4) is 11.1 Å². The van der Waals surface area contributed by atoms with Crippen molar-refractivity contribution in [3.63, 3.8) is 0 Å². The zero-order valence-electron chi connectivity index (χ0n) is 24.6. The minimum atomic E-state index is -3.84. The molecule has 41 heavy (non-hydrogen) atoms. The fourth-order valence-corrected chi connectivity index (χ4v) is 6.30. The van der Waals surface area contributed by atoms with Gasteiger partial charge in [0.1, 0.15) is 6.04 Å². The summed E-state index contributed by atoms with van der Waals surface area (Å²) in [5.41, 5.74) is 5.46. The number of halogens is 1. The minimum Gasteiger partial charge on any atom is -0.468 e. The Morgan fingerprint density at radius 2 is 1.59 bits per heavy atom. The molecule has 0 spiro atoms. The lowest BCUT2D eigenvalue weighted by atomic mass is 9.93. The Balaban J connectivity index is 1.82. The maximum Gasteiger partial charge on any atom is 0.322 e. The van der Waals surface area contributed by atoms with Gasteiger partial charge < -0.3 is 9.64 Å². The van der Waals surface area contributed by atoms with Gasteiger partial charge in [0.15, 0.2) is 5.78 Å². The van der Waals surface area contributed by atoms with E-state index in [1.807, 2.05) is 51.0 Å². The van der Waals surface area contributed by atoms with E-state index in [4.69, 9.17) is 16.3 Å². The van der Waals surface area contributed by atoms with Gasteiger partial charge in [0, 0.05) is 16.3 Å². The Morgan fingerprint density at radius 1 is 0.927 bits per heavy atom. The molecule has 0 radical (unpaired) electrons. The summed E-state index contributed by atoms with van der Waals surface area (Å²) >= 11 is 6.15. The first-order valence-electron chi connectivity index (χ1n) is 13.2. The number of esters is 1. The maximum atomic E-state index is 13.2. The first-order valence-corrected chi connectivity index (χ1v) is 15.1. The van der Waals surface area contributed by atoms with Crippen LogP contribution in [0.5, 0.6) is 0 Å². The highest BCUT2D eigenvalue weighted by Gasteiger charge is 2.22. The lowest BCUT2D eigenvalue weighted by Gasteiger charge is -2.19. The average molecular weight is 600 g/mol. The van der Waals surface area contributed by atoms with E-state index in [1.165, 1.54) is 7.11 Å². The number of ketones is 1. The Labute approximate surface area is 248 Å². The van der Waals surface area contributed by atoms with Crippen LogP contribution in [-0.2, 0) is 19.6 Å². The Kier molecular flexibility index (Phi) is 10.7. The Bertz CT molecular complexity index is 1530. The summed E-state index contributed by atoms with van der Waals surface area (Å²) in [7, 11) is 1.32. The van der Waals surface area contributed by atoms with Crippen molar-refractivity contribution in [3.05, 3.63) is 81.4 Å². The lowest BCUT2D eigenvalue weighted by molar-refractivity contribution is -0.143.